The second-order valence-electron chi connectivity index (χ2n) is 11.2. The van der Waals surface area contributed by atoms with Crippen molar-refractivity contribution in [3.63, 3.8) is 0 Å². The van der Waals surface area contributed by atoms with Crippen LogP contribution in [-0.2, 0) is 4.79 Å². The molecular weight excluding hydrogens is 489 g/mol. The number of hydrogen-bond acceptors (Lipinski definition) is 3. The summed E-state index contributed by atoms with van der Waals surface area (Å²) >= 11 is 0. The fraction of sp³-hybridized carbons (Fsp3) is 0.394. The summed E-state index contributed by atoms with van der Waals surface area (Å²) in [7, 11) is 0. The highest BCUT2D eigenvalue weighted by Crippen LogP contribution is 2.51. The predicted molar refractivity (Wildman–Crippen MR) is 153 cm³/mol. The van der Waals surface area contributed by atoms with E-state index in [1.165, 1.54) is 17.7 Å². The molecule has 1 aliphatic heterocycles. The number of halogens is 1. The van der Waals surface area contributed by atoms with Gasteiger partial charge in [0.2, 0.25) is 5.91 Å². The van der Waals surface area contributed by atoms with E-state index < -0.39 is 6.04 Å². The summed E-state index contributed by atoms with van der Waals surface area (Å²) in [5, 5.41) is 6.70. The monoisotopic (exact) mass is 527 g/mol. The largest absolute Gasteiger partial charge is 0.341 e. The Morgan fingerprint density at radius 2 is 1.59 bits per heavy atom. The zero-order valence-electron chi connectivity index (χ0n) is 22.7. The number of unbranched alkanes of at least 4 members (excludes halogenated alkanes) is 1. The number of nitrogens with one attached hydrogen (secondary N) is 2. The van der Waals surface area contributed by atoms with Gasteiger partial charge in [0.15, 0.2) is 0 Å². The summed E-state index contributed by atoms with van der Waals surface area (Å²) in [6, 6.07) is 23.9. The molecule has 2 fully saturated rings. The number of amides is 2. The lowest BCUT2D eigenvalue weighted by atomic mass is 10.0. The minimum atomic E-state index is -0.520. The van der Waals surface area contributed by atoms with Crippen LogP contribution in [0.1, 0.15) is 67.3 Å². The first-order valence-electron chi connectivity index (χ1n) is 14.2. The second-order valence-corrected chi connectivity index (χ2v) is 11.2. The molecular formula is C33H38FN3O2. The van der Waals surface area contributed by atoms with E-state index in [9.17, 15) is 14.0 Å². The van der Waals surface area contributed by atoms with E-state index in [2.05, 4.69) is 17.6 Å². The van der Waals surface area contributed by atoms with E-state index >= 15 is 0 Å². The highest BCUT2D eigenvalue weighted by molar-refractivity contribution is 5.98. The standard InChI is InChI=1S/C33H38FN3O2/c1-33(23-29(33)26-16-18-28(34)19-17-26)35-20-6-5-11-30(32(39)37-21-7-8-22-37)36-31(38)27-14-12-25(13-15-27)24-9-3-2-4-10-24/h2-4,9-10,12-19,29-30,35H,5-8,11,20-23H2,1H3,(H,36,38)/t29-,30-,33?/m0/s1. The molecule has 0 spiro atoms. The zero-order valence-corrected chi connectivity index (χ0v) is 22.7. The summed E-state index contributed by atoms with van der Waals surface area (Å²) in [6.07, 6.45) is 5.44. The Labute approximate surface area is 230 Å². The van der Waals surface area contributed by atoms with Crippen molar-refractivity contribution < 1.29 is 14.0 Å². The minimum Gasteiger partial charge on any atom is -0.341 e. The molecule has 3 atom stereocenters. The molecule has 0 bridgehead atoms. The molecule has 5 rings (SSSR count). The number of carbonyl (C=O) groups excluding carboxylic acids is 2. The van der Waals surface area contributed by atoms with Crippen molar-refractivity contribution in [2.24, 2.45) is 0 Å². The Kier molecular flexibility index (Phi) is 8.41. The highest BCUT2D eigenvalue weighted by atomic mass is 19.1. The molecule has 0 radical (unpaired) electrons. The third-order valence-corrected chi connectivity index (χ3v) is 8.23. The number of nitrogens with zero attached hydrogens (tertiary/aromatic N) is 1. The van der Waals surface area contributed by atoms with E-state index in [0.29, 0.717) is 17.9 Å². The fourth-order valence-corrected chi connectivity index (χ4v) is 5.69. The summed E-state index contributed by atoms with van der Waals surface area (Å²) in [4.78, 5) is 28.3. The Morgan fingerprint density at radius 1 is 0.923 bits per heavy atom. The van der Waals surface area contributed by atoms with E-state index in [-0.39, 0.29) is 23.2 Å². The van der Waals surface area contributed by atoms with Gasteiger partial charge in [0.1, 0.15) is 11.9 Å². The average molecular weight is 528 g/mol. The van der Waals surface area contributed by atoms with Gasteiger partial charge in [-0.15, -0.1) is 0 Å². The van der Waals surface area contributed by atoms with Crippen LogP contribution in [0.4, 0.5) is 4.39 Å². The van der Waals surface area contributed by atoms with E-state index in [1.807, 2.05) is 71.6 Å². The van der Waals surface area contributed by atoms with E-state index in [4.69, 9.17) is 0 Å². The van der Waals surface area contributed by atoms with Gasteiger partial charge in [-0.05, 0) is 92.9 Å². The van der Waals surface area contributed by atoms with Gasteiger partial charge in [-0.1, -0.05) is 54.6 Å². The quantitative estimate of drug-likeness (QED) is 0.304. The molecule has 3 aromatic carbocycles. The minimum absolute atomic E-state index is 0.0280. The lowest BCUT2D eigenvalue weighted by Crippen LogP contribution is -2.47. The lowest BCUT2D eigenvalue weighted by molar-refractivity contribution is -0.132. The topological polar surface area (TPSA) is 61.4 Å². The van der Waals surface area contributed by atoms with Crippen LogP contribution in [-0.4, -0.2) is 47.9 Å². The third-order valence-electron chi connectivity index (χ3n) is 8.23. The van der Waals surface area contributed by atoms with Gasteiger partial charge in [-0.2, -0.15) is 0 Å². The van der Waals surface area contributed by atoms with Gasteiger partial charge in [-0.25, -0.2) is 4.39 Å². The van der Waals surface area contributed by atoms with Crippen molar-refractivity contribution >= 4 is 11.8 Å². The summed E-state index contributed by atoms with van der Waals surface area (Å²) < 4.78 is 13.3. The zero-order chi connectivity index (χ0) is 27.2. The van der Waals surface area contributed by atoms with Gasteiger partial charge in [0, 0.05) is 30.1 Å². The smallest absolute Gasteiger partial charge is 0.251 e. The first kappa shape index (κ1) is 27.1. The number of carbonyl (C=O) groups is 2. The molecule has 1 heterocycles. The van der Waals surface area contributed by atoms with Crippen molar-refractivity contribution in [1.82, 2.24) is 15.5 Å². The molecule has 2 aliphatic rings. The average Bonchev–Trinajstić information content (AvgIpc) is 3.34. The molecule has 1 aliphatic carbocycles. The fourth-order valence-electron chi connectivity index (χ4n) is 5.69. The van der Waals surface area contributed by atoms with Crippen LogP contribution in [0, 0.1) is 5.82 Å². The van der Waals surface area contributed by atoms with Crippen molar-refractivity contribution in [3.05, 3.63) is 95.8 Å². The molecule has 204 valence electrons. The molecule has 0 aromatic heterocycles. The number of hydrogen-bond donors (Lipinski definition) is 2. The third kappa shape index (κ3) is 6.74. The molecule has 39 heavy (non-hydrogen) atoms. The van der Waals surface area contributed by atoms with Crippen LogP contribution in [0.25, 0.3) is 11.1 Å². The van der Waals surface area contributed by atoms with Crippen molar-refractivity contribution in [2.45, 2.75) is 62.9 Å². The van der Waals surface area contributed by atoms with Crippen LogP contribution in [0.3, 0.4) is 0 Å². The van der Waals surface area contributed by atoms with Crippen LogP contribution < -0.4 is 10.6 Å². The van der Waals surface area contributed by atoms with Gasteiger partial charge in [0.25, 0.3) is 5.91 Å². The first-order chi connectivity index (χ1) is 18.9. The maximum atomic E-state index is 13.3. The molecule has 5 nitrogen and oxygen atoms in total. The molecule has 3 aromatic rings. The lowest BCUT2D eigenvalue weighted by Gasteiger charge is -2.24. The highest BCUT2D eigenvalue weighted by Gasteiger charge is 2.50. The molecule has 2 N–H and O–H groups in total. The molecule has 6 heteroatoms. The summed E-state index contributed by atoms with van der Waals surface area (Å²) in [5.74, 6) is 0.0108. The maximum Gasteiger partial charge on any atom is 0.251 e. The van der Waals surface area contributed by atoms with Crippen LogP contribution in [0.2, 0.25) is 0 Å². The second kappa shape index (κ2) is 12.1. The Balaban J connectivity index is 1.13. The summed E-state index contributed by atoms with van der Waals surface area (Å²) in [5.41, 5.74) is 3.91. The van der Waals surface area contributed by atoms with Crippen molar-refractivity contribution in [2.75, 3.05) is 19.6 Å². The summed E-state index contributed by atoms with van der Waals surface area (Å²) in [6.45, 7) is 4.58. The number of benzene rings is 3. The predicted octanol–water partition coefficient (Wildman–Crippen LogP) is 5.92. The normalized spacial score (nSPS) is 21.0. The van der Waals surface area contributed by atoms with Gasteiger partial charge in [-0.3, -0.25) is 9.59 Å². The van der Waals surface area contributed by atoms with E-state index in [0.717, 1.165) is 62.9 Å². The van der Waals surface area contributed by atoms with Crippen LogP contribution in [0.15, 0.2) is 78.9 Å². The Bertz CT molecular complexity index is 1260. The molecule has 1 unspecified atom stereocenters. The van der Waals surface area contributed by atoms with E-state index in [1.54, 1.807) is 0 Å². The SMILES string of the molecule is CC1(NCCCC[C@H](NC(=O)c2ccc(-c3ccccc3)cc2)C(=O)N2CCCC2)C[C@H]1c1ccc(F)cc1. The number of likely N-dealkylation sites (tertiary alicyclic amines) is 1. The van der Waals surface area contributed by atoms with Gasteiger partial charge >= 0.3 is 0 Å². The Hall–Kier alpha value is -3.51. The van der Waals surface area contributed by atoms with Crippen LogP contribution in [0.5, 0.6) is 0 Å². The molecule has 1 saturated heterocycles. The van der Waals surface area contributed by atoms with Crippen molar-refractivity contribution in [3.8, 4) is 11.1 Å². The maximum absolute atomic E-state index is 13.3. The first-order valence-corrected chi connectivity index (χ1v) is 14.2. The van der Waals surface area contributed by atoms with Gasteiger partial charge < -0.3 is 15.5 Å². The molecule has 1 saturated carbocycles. The molecule has 2 amide bonds. The van der Waals surface area contributed by atoms with Crippen molar-refractivity contribution in [1.29, 1.82) is 0 Å². The Morgan fingerprint density at radius 3 is 2.28 bits per heavy atom. The van der Waals surface area contributed by atoms with Crippen LogP contribution >= 0.6 is 0 Å². The van der Waals surface area contributed by atoms with Gasteiger partial charge in [0.05, 0.1) is 0 Å². The number of rotatable bonds is 11.